The Hall–Kier alpha value is -1.80. The highest BCUT2D eigenvalue weighted by atomic mass is 79.9. The van der Waals surface area contributed by atoms with E-state index < -0.39 is 22.2 Å². The average Bonchev–Trinajstić information content (AvgIpc) is 2.81. The third-order valence-electron chi connectivity index (χ3n) is 6.59. The minimum atomic E-state index is -3.91. The number of hydrogen-bond acceptors (Lipinski definition) is 5. The first-order valence-corrected chi connectivity index (χ1v) is 14.0. The molecule has 1 aromatic rings. The molecule has 1 aliphatic heterocycles. The van der Waals surface area contributed by atoms with Gasteiger partial charge in [0.05, 0.1) is 13.2 Å². The van der Waals surface area contributed by atoms with E-state index in [0.29, 0.717) is 5.56 Å². The van der Waals surface area contributed by atoms with E-state index in [4.69, 9.17) is 4.74 Å². The number of hydrogen-bond donors (Lipinski definition) is 2. The van der Waals surface area contributed by atoms with Crippen LogP contribution in [0.1, 0.15) is 51.5 Å². The van der Waals surface area contributed by atoms with Gasteiger partial charge in [0.1, 0.15) is 16.7 Å². The second-order valence-corrected chi connectivity index (χ2v) is 11.5. The predicted octanol–water partition coefficient (Wildman–Crippen LogP) is 3.13. The fourth-order valence-corrected chi connectivity index (χ4v) is 6.52. The second-order valence-electron chi connectivity index (χ2n) is 9.29. The lowest BCUT2D eigenvalue weighted by atomic mass is 9.96. The number of carbonyl (C=O) groups excluding carboxylic acids is 1. The van der Waals surface area contributed by atoms with Gasteiger partial charge in [0.25, 0.3) is 0 Å². The number of nitrogens with one attached hydrogen (secondary N) is 1. The molecule has 8 nitrogen and oxygen atoms in total. The highest BCUT2D eigenvalue weighted by Crippen LogP contribution is 2.34. The van der Waals surface area contributed by atoms with Crippen LogP contribution in [0.4, 0.5) is 4.79 Å². The molecule has 0 radical (unpaired) electrons. The van der Waals surface area contributed by atoms with Gasteiger partial charge in [-0.2, -0.15) is 4.31 Å². The number of halogens is 1. The van der Waals surface area contributed by atoms with Gasteiger partial charge in [-0.15, -0.1) is 0 Å². The van der Waals surface area contributed by atoms with Crippen LogP contribution in [0.3, 0.4) is 0 Å². The zero-order valence-corrected chi connectivity index (χ0v) is 22.4. The molecule has 1 aliphatic carbocycles. The van der Waals surface area contributed by atoms with Gasteiger partial charge in [0.15, 0.2) is 0 Å². The molecule has 10 heteroatoms. The van der Waals surface area contributed by atoms with Crippen molar-refractivity contribution in [3.8, 4) is 16.5 Å². The van der Waals surface area contributed by atoms with Gasteiger partial charge in [-0.25, -0.2) is 13.2 Å². The van der Waals surface area contributed by atoms with Gasteiger partial charge in [-0.05, 0) is 42.8 Å². The van der Waals surface area contributed by atoms with E-state index in [1.165, 1.54) is 16.8 Å². The van der Waals surface area contributed by atoms with Crippen LogP contribution in [0.5, 0.6) is 5.75 Å². The molecule has 0 spiro atoms. The maximum atomic E-state index is 13.5. The molecular weight excluding hydrogens is 522 g/mol. The number of carbonyl (C=O) groups is 1. The summed E-state index contributed by atoms with van der Waals surface area (Å²) in [5, 5.41) is 12.9. The fourth-order valence-electron chi connectivity index (χ4n) is 4.46. The number of nitrogens with zero attached hydrogens (tertiary/aromatic N) is 2. The molecule has 0 unspecified atom stereocenters. The first-order valence-electron chi connectivity index (χ1n) is 11.7. The summed E-state index contributed by atoms with van der Waals surface area (Å²) in [7, 11) is -2.18. The van der Waals surface area contributed by atoms with E-state index in [2.05, 4.69) is 32.0 Å². The molecule has 34 heavy (non-hydrogen) atoms. The number of urea groups is 1. The number of aliphatic hydroxyl groups is 1. The Kier molecular flexibility index (Phi) is 9.27. The summed E-state index contributed by atoms with van der Waals surface area (Å²) in [4.78, 5) is 17.1. The minimum absolute atomic E-state index is 0.0270. The molecule has 2 amide bonds. The topological polar surface area (TPSA) is 99.2 Å². The van der Waals surface area contributed by atoms with E-state index >= 15 is 0 Å². The SMILES string of the molecule is C[C@@H]1CN([C@@H](C)CO)S(=O)(=O)c2ccc(C#CBr)cc2O[C@H]1CN(C)C(=O)NC1CCCCC1. The lowest BCUT2D eigenvalue weighted by Crippen LogP contribution is -2.52. The highest BCUT2D eigenvalue weighted by Gasteiger charge is 2.38. The molecule has 188 valence electrons. The Morgan fingerprint density at radius 3 is 2.71 bits per heavy atom. The Labute approximate surface area is 211 Å². The summed E-state index contributed by atoms with van der Waals surface area (Å²) in [6.45, 7) is 3.72. The molecule has 3 atom stereocenters. The zero-order valence-electron chi connectivity index (χ0n) is 20.0. The van der Waals surface area contributed by atoms with E-state index in [1.54, 1.807) is 31.0 Å². The van der Waals surface area contributed by atoms with Crippen LogP contribution in [0.25, 0.3) is 0 Å². The monoisotopic (exact) mass is 555 g/mol. The van der Waals surface area contributed by atoms with Gasteiger partial charge < -0.3 is 20.1 Å². The molecule has 2 N–H and O–H groups in total. The summed E-state index contributed by atoms with van der Waals surface area (Å²) in [5.74, 6) is 2.81. The molecular formula is C24H34BrN3O5S. The fraction of sp³-hybridized carbons (Fsp3) is 0.625. The number of fused-ring (bicyclic) bond motifs is 1. The minimum Gasteiger partial charge on any atom is -0.487 e. The predicted molar refractivity (Wildman–Crippen MR) is 134 cm³/mol. The number of aliphatic hydroxyl groups excluding tert-OH is 1. The lowest BCUT2D eigenvalue weighted by molar-refractivity contribution is 0.0806. The molecule has 0 saturated heterocycles. The number of likely N-dealkylation sites (N-methyl/N-ethyl adjacent to an activating group) is 1. The van der Waals surface area contributed by atoms with Crippen molar-refractivity contribution in [2.45, 2.75) is 69.0 Å². The number of sulfonamides is 1. The van der Waals surface area contributed by atoms with Crippen LogP contribution in [0.2, 0.25) is 0 Å². The van der Waals surface area contributed by atoms with Crippen molar-refractivity contribution in [3.05, 3.63) is 23.8 Å². The average molecular weight is 557 g/mol. The third kappa shape index (κ3) is 6.25. The first-order chi connectivity index (χ1) is 16.2. The second kappa shape index (κ2) is 11.8. The maximum absolute atomic E-state index is 13.5. The first kappa shape index (κ1) is 26.8. The molecule has 0 bridgehead atoms. The largest absolute Gasteiger partial charge is 0.487 e. The summed E-state index contributed by atoms with van der Waals surface area (Å²) >= 11 is 3.07. The summed E-state index contributed by atoms with van der Waals surface area (Å²) in [5.41, 5.74) is 0.600. The van der Waals surface area contributed by atoms with Crippen molar-refractivity contribution in [2.75, 3.05) is 26.7 Å². The van der Waals surface area contributed by atoms with Gasteiger partial charge in [-0.1, -0.05) is 32.1 Å². The zero-order chi connectivity index (χ0) is 24.9. The molecule has 1 aromatic carbocycles. The van der Waals surface area contributed by atoms with Gasteiger partial charge >= 0.3 is 6.03 Å². The van der Waals surface area contributed by atoms with Crippen molar-refractivity contribution < 1.29 is 23.1 Å². The lowest BCUT2D eigenvalue weighted by Gasteiger charge is -2.37. The third-order valence-corrected chi connectivity index (χ3v) is 8.81. The van der Waals surface area contributed by atoms with Crippen LogP contribution < -0.4 is 10.1 Å². The molecule has 1 fully saturated rings. The number of amides is 2. The van der Waals surface area contributed by atoms with Crippen molar-refractivity contribution in [3.63, 3.8) is 0 Å². The molecule has 0 aromatic heterocycles. The van der Waals surface area contributed by atoms with Crippen molar-refractivity contribution in [1.82, 2.24) is 14.5 Å². The van der Waals surface area contributed by atoms with Gasteiger partial charge in [0, 0.05) is 53.1 Å². The Bertz CT molecular complexity index is 1030. The van der Waals surface area contributed by atoms with E-state index in [1.807, 2.05) is 6.92 Å². The number of ether oxygens (including phenoxy) is 1. The molecule has 1 saturated carbocycles. The number of benzene rings is 1. The van der Waals surface area contributed by atoms with Crippen molar-refractivity contribution in [1.29, 1.82) is 0 Å². The molecule has 3 rings (SSSR count). The summed E-state index contributed by atoms with van der Waals surface area (Å²) in [6.07, 6.45) is 4.99. The standard InChI is InChI=1S/C24H34BrN3O5S/c1-17-14-28(18(2)16-29)34(31,32)23-10-9-19(11-12-25)13-21(23)33-22(17)15-27(3)24(30)26-20-7-5-4-6-8-20/h9-10,13,17-18,20,22,29H,4-8,14-16H2,1-3H3,(H,26,30)/t17-,18+,22+/m1/s1. The van der Waals surface area contributed by atoms with E-state index in [9.17, 15) is 18.3 Å². The Morgan fingerprint density at radius 1 is 1.35 bits per heavy atom. The maximum Gasteiger partial charge on any atom is 0.317 e. The van der Waals surface area contributed by atoms with Crippen LogP contribution in [-0.2, 0) is 10.0 Å². The van der Waals surface area contributed by atoms with Crippen molar-refractivity contribution in [2.24, 2.45) is 5.92 Å². The highest BCUT2D eigenvalue weighted by molar-refractivity contribution is 9.12. The number of rotatable bonds is 5. The van der Waals surface area contributed by atoms with Gasteiger partial charge in [-0.3, -0.25) is 0 Å². The van der Waals surface area contributed by atoms with Crippen LogP contribution in [-0.4, -0.2) is 73.7 Å². The summed E-state index contributed by atoms with van der Waals surface area (Å²) in [6, 6.07) is 4.15. The normalized spacial score (nSPS) is 23.8. The summed E-state index contributed by atoms with van der Waals surface area (Å²) < 4.78 is 34.5. The Morgan fingerprint density at radius 2 is 2.06 bits per heavy atom. The van der Waals surface area contributed by atoms with E-state index in [0.717, 1.165) is 25.7 Å². The Balaban J connectivity index is 1.90. The van der Waals surface area contributed by atoms with Crippen molar-refractivity contribution >= 4 is 32.0 Å². The van der Waals surface area contributed by atoms with Gasteiger partial charge in [0.2, 0.25) is 10.0 Å². The molecule has 2 aliphatic rings. The van der Waals surface area contributed by atoms with Crippen LogP contribution >= 0.6 is 15.9 Å². The van der Waals surface area contributed by atoms with Crippen LogP contribution in [0, 0.1) is 16.7 Å². The van der Waals surface area contributed by atoms with E-state index in [-0.39, 0.29) is 48.3 Å². The quantitative estimate of drug-likeness (QED) is 0.544. The molecule has 1 heterocycles. The smallest absolute Gasteiger partial charge is 0.317 e. The van der Waals surface area contributed by atoms with Crippen LogP contribution in [0.15, 0.2) is 23.1 Å².